The summed E-state index contributed by atoms with van der Waals surface area (Å²) in [5.41, 5.74) is 3.15. The van der Waals surface area contributed by atoms with E-state index in [-0.39, 0.29) is 5.91 Å². The van der Waals surface area contributed by atoms with Gasteiger partial charge in [0.15, 0.2) is 0 Å². The fraction of sp³-hybridized carbons (Fsp3) is 0.562. The van der Waals surface area contributed by atoms with Crippen LogP contribution in [0.25, 0.3) is 11.3 Å². The number of carbonyl (C=O) groups excluding carboxylic acids is 1. The van der Waals surface area contributed by atoms with Crippen molar-refractivity contribution >= 4 is 5.91 Å². The summed E-state index contributed by atoms with van der Waals surface area (Å²) in [6.07, 6.45) is 7.44. The van der Waals surface area contributed by atoms with Gasteiger partial charge in [-0.1, -0.05) is 6.92 Å². The van der Waals surface area contributed by atoms with Crippen LogP contribution >= 0.6 is 0 Å². The molecule has 23 heavy (non-hydrogen) atoms. The average molecular weight is 316 g/mol. The van der Waals surface area contributed by atoms with Crippen molar-refractivity contribution in [1.82, 2.24) is 29.8 Å². The summed E-state index contributed by atoms with van der Waals surface area (Å²) < 4.78 is 3.62. The van der Waals surface area contributed by atoms with Crippen molar-refractivity contribution in [2.24, 2.45) is 14.1 Å². The van der Waals surface area contributed by atoms with E-state index in [0.717, 1.165) is 42.9 Å². The molecule has 0 spiro atoms. The topological polar surface area (TPSA) is 68.0 Å². The molecule has 3 rings (SSSR count). The van der Waals surface area contributed by atoms with Crippen LogP contribution in [0.15, 0.2) is 18.6 Å². The molecule has 1 fully saturated rings. The fourth-order valence-electron chi connectivity index (χ4n) is 3.08. The number of aryl methyl sites for hydroxylation is 2. The summed E-state index contributed by atoms with van der Waals surface area (Å²) in [6.45, 7) is 4.32. The molecule has 1 saturated heterocycles. The van der Waals surface area contributed by atoms with Gasteiger partial charge in [-0.3, -0.25) is 14.2 Å². The van der Waals surface area contributed by atoms with Gasteiger partial charge < -0.3 is 10.2 Å². The zero-order valence-electron chi connectivity index (χ0n) is 14.0. The molecule has 1 aliphatic heterocycles. The highest BCUT2D eigenvalue weighted by atomic mass is 16.2. The number of hydrogen-bond acceptors (Lipinski definition) is 4. The van der Waals surface area contributed by atoms with Gasteiger partial charge in [0.2, 0.25) is 5.91 Å². The second-order valence-corrected chi connectivity index (χ2v) is 6.14. The number of likely N-dealkylation sites (tertiary alicyclic amines) is 1. The maximum absolute atomic E-state index is 11.8. The molecule has 7 heteroatoms. The number of aromatic nitrogens is 4. The minimum atomic E-state index is 0.242. The molecule has 0 radical (unpaired) electrons. The molecule has 7 nitrogen and oxygen atoms in total. The van der Waals surface area contributed by atoms with Crippen molar-refractivity contribution in [3.63, 3.8) is 0 Å². The van der Waals surface area contributed by atoms with Crippen molar-refractivity contribution < 1.29 is 4.79 Å². The van der Waals surface area contributed by atoms with Gasteiger partial charge in [-0.2, -0.15) is 10.2 Å². The molecule has 1 atom stereocenters. The third-order valence-electron chi connectivity index (χ3n) is 4.31. The Bertz CT molecular complexity index is 689. The summed E-state index contributed by atoms with van der Waals surface area (Å²) in [6, 6.07) is 0.354. The van der Waals surface area contributed by atoms with Gasteiger partial charge in [0.1, 0.15) is 0 Å². The highest BCUT2D eigenvalue weighted by Crippen LogP contribution is 2.21. The quantitative estimate of drug-likeness (QED) is 0.891. The van der Waals surface area contributed by atoms with Gasteiger partial charge in [-0.25, -0.2) is 0 Å². The lowest BCUT2D eigenvalue weighted by molar-refractivity contribution is -0.129. The number of hydrogen-bond donors (Lipinski definition) is 1. The third-order valence-corrected chi connectivity index (χ3v) is 4.31. The minimum absolute atomic E-state index is 0.242. The molecule has 1 aliphatic rings. The molecule has 0 bridgehead atoms. The summed E-state index contributed by atoms with van der Waals surface area (Å²) in [7, 11) is 3.84. The zero-order valence-corrected chi connectivity index (χ0v) is 14.0. The molecule has 3 heterocycles. The van der Waals surface area contributed by atoms with Crippen LogP contribution in [-0.4, -0.2) is 49.5 Å². The lowest BCUT2D eigenvalue weighted by atomic mass is 10.1. The van der Waals surface area contributed by atoms with Gasteiger partial charge >= 0.3 is 0 Å². The van der Waals surface area contributed by atoms with Crippen molar-refractivity contribution in [3.05, 3.63) is 24.2 Å². The Labute approximate surface area is 136 Å². The van der Waals surface area contributed by atoms with E-state index in [4.69, 9.17) is 0 Å². The second-order valence-electron chi connectivity index (χ2n) is 6.14. The Balaban J connectivity index is 1.64. The SMILES string of the molecule is CCC(=O)N1CC[C@H](NCc2cn(C)nc2-c2cnn(C)c2)C1. The van der Waals surface area contributed by atoms with Crippen molar-refractivity contribution in [3.8, 4) is 11.3 Å². The first kappa shape index (κ1) is 15.7. The van der Waals surface area contributed by atoms with Crippen molar-refractivity contribution in [2.45, 2.75) is 32.4 Å². The van der Waals surface area contributed by atoms with Crippen molar-refractivity contribution in [2.75, 3.05) is 13.1 Å². The normalized spacial score (nSPS) is 17.9. The molecule has 1 N–H and O–H groups in total. The second kappa shape index (κ2) is 6.54. The molecule has 0 saturated carbocycles. The predicted molar refractivity (Wildman–Crippen MR) is 87.5 cm³/mol. The van der Waals surface area contributed by atoms with E-state index >= 15 is 0 Å². The van der Waals surface area contributed by atoms with E-state index in [2.05, 4.69) is 15.5 Å². The molecular formula is C16H24N6O. The van der Waals surface area contributed by atoms with Gasteiger partial charge in [0.05, 0.1) is 11.9 Å². The largest absolute Gasteiger partial charge is 0.341 e. The van der Waals surface area contributed by atoms with Gasteiger partial charge in [0.25, 0.3) is 0 Å². The number of nitrogens with zero attached hydrogens (tertiary/aromatic N) is 5. The van der Waals surface area contributed by atoms with Crippen LogP contribution in [0, 0.1) is 0 Å². The molecule has 2 aromatic heterocycles. The Kier molecular flexibility index (Phi) is 4.47. The first-order valence-corrected chi connectivity index (χ1v) is 8.09. The maximum atomic E-state index is 11.8. The average Bonchev–Trinajstić information content (AvgIpc) is 3.24. The molecule has 0 aromatic carbocycles. The van der Waals surface area contributed by atoms with E-state index in [1.54, 1.807) is 4.68 Å². The molecule has 0 aliphatic carbocycles. The molecule has 0 unspecified atom stereocenters. The predicted octanol–water partition coefficient (Wildman–Crippen LogP) is 0.921. The van der Waals surface area contributed by atoms with Crippen LogP contribution in [0.4, 0.5) is 0 Å². The molecule has 2 aromatic rings. The minimum Gasteiger partial charge on any atom is -0.341 e. The molecular weight excluding hydrogens is 292 g/mol. The van der Waals surface area contributed by atoms with Crippen LogP contribution in [0.2, 0.25) is 0 Å². The number of carbonyl (C=O) groups is 1. The van der Waals surface area contributed by atoms with E-state index < -0.39 is 0 Å². The smallest absolute Gasteiger partial charge is 0.222 e. The van der Waals surface area contributed by atoms with Crippen LogP contribution in [0.1, 0.15) is 25.3 Å². The summed E-state index contributed by atoms with van der Waals surface area (Å²) in [5.74, 6) is 0.242. The first-order chi connectivity index (χ1) is 11.1. The highest BCUT2D eigenvalue weighted by molar-refractivity contribution is 5.76. The number of rotatable bonds is 5. The highest BCUT2D eigenvalue weighted by Gasteiger charge is 2.25. The molecule has 1 amide bonds. The molecule has 124 valence electrons. The monoisotopic (exact) mass is 316 g/mol. The summed E-state index contributed by atoms with van der Waals surface area (Å²) in [4.78, 5) is 13.7. The Morgan fingerprint density at radius 1 is 1.35 bits per heavy atom. The van der Waals surface area contributed by atoms with Gasteiger partial charge in [-0.05, 0) is 6.42 Å². The summed E-state index contributed by atoms with van der Waals surface area (Å²) >= 11 is 0. The van der Waals surface area contributed by atoms with E-state index in [0.29, 0.717) is 12.5 Å². The standard InChI is InChI=1S/C16H24N6O/c1-4-15(23)22-6-5-14(11-22)17-7-12-10-21(3)19-16(12)13-8-18-20(2)9-13/h8-10,14,17H,4-7,11H2,1-3H3/t14-/m0/s1. The fourth-order valence-corrected chi connectivity index (χ4v) is 3.08. The Morgan fingerprint density at radius 2 is 2.17 bits per heavy atom. The van der Waals surface area contributed by atoms with Crippen LogP contribution in [0.5, 0.6) is 0 Å². The van der Waals surface area contributed by atoms with Crippen LogP contribution in [-0.2, 0) is 25.4 Å². The van der Waals surface area contributed by atoms with E-state index in [9.17, 15) is 4.79 Å². The van der Waals surface area contributed by atoms with Gasteiger partial charge in [0, 0.05) is 69.7 Å². The van der Waals surface area contributed by atoms with Crippen LogP contribution < -0.4 is 5.32 Å². The zero-order chi connectivity index (χ0) is 16.4. The number of nitrogens with one attached hydrogen (secondary N) is 1. The first-order valence-electron chi connectivity index (χ1n) is 8.09. The number of amides is 1. The van der Waals surface area contributed by atoms with Gasteiger partial charge in [-0.15, -0.1) is 0 Å². The Morgan fingerprint density at radius 3 is 2.87 bits per heavy atom. The van der Waals surface area contributed by atoms with Crippen molar-refractivity contribution in [1.29, 1.82) is 0 Å². The van der Waals surface area contributed by atoms with E-state index in [1.807, 2.05) is 49.2 Å². The van der Waals surface area contributed by atoms with Crippen LogP contribution in [0.3, 0.4) is 0 Å². The lowest BCUT2D eigenvalue weighted by Crippen LogP contribution is -2.34. The maximum Gasteiger partial charge on any atom is 0.222 e. The Hall–Kier alpha value is -2.15. The van der Waals surface area contributed by atoms with E-state index in [1.165, 1.54) is 0 Å². The third kappa shape index (κ3) is 3.44. The lowest BCUT2D eigenvalue weighted by Gasteiger charge is -2.16. The summed E-state index contributed by atoms with van der Waals surface area (Å²) in [5, 5.41) is 12.3.